The number of nitrogens with zero attached hydrogens (tertiary/aromatic N) is 2. The SMILES string of the molecule is CNCc1ccnc(-c2cc(C)c(Br)c(C)c2)n1. The molecule has 94 valence electrons. The van der Waals surface area contributed by atoms with Crippen LogP contribution in [0.25, 0.3) is 11.4 Å². The van der Waals surface area contributed by atoms with Crippen molar-refractivity contribution in [2.75, 3.05) is 7.05 Å². The Labute approximate surface area is 116 Å². The molecule has 1 heterocycles. The minimum atomic E-state index is 0.754. The summed E-state index contributed by atoms with van der Waals surface area (Å²) in [5, 5.41) is 3.10. The van der Waals surface area contributed by atoms with Crippen LogP contribution in [0.3, 0.4) is 0 Å². The van der Waals surface area contributed by atoms with Crippen LogP contribution < -0.4 is 5.32 Å². The Balaban J connectivity index is 2.45. The molecule has 0 fully saturated rings. The van der Waals surface area contributed by atoms with E-state index in [2.05, 4.69) is 57.2 Å². The highest BCUT2D eigenvalue weighted by molar-refractivity contribution is 9.10. The van der Waals surface area contributed by atoms with Crippen molar-refractivity contribution in [1.29, 1.82) is 0 Å². The first-order chi connectivity index (χ1) is 8.61. The van der Waals surface area contributed by atoms with Crippen LogP contribution in [0.4, 0.5) is 0 Å². The van der Waals surface area contributed by atoms with Crippen LogP contribution in [0.1, 0.15) is 16.8 Å². The summed E-state index contributed by atoms with van der Waals surface area (Å²) in [5.41, 5.74) is 4.46. The van der Waals surface area contributed by atoms with Crippen LogP contribution in [0.15, 0.2) is 28.9 Å². The Morgan fingerprint density at radius 3 is 2.50 bits per heavy atom. The third-order valence-electron chi connectivity index (χ3n) is 2.77. The quantitative estimate of drug-likeness (QED) is 0.946. The predicted molar refractivity (Wildman–Crippen MR) is 77.4 cm³/mol. The van der Waals surface area contributed by atoms with Crippen molar-refractivity contribution in [3.63, 3.8) is 0 Å². The van der Waals surface area contributed by atoms with Gasteiger partial charge in [0.25, 0.3) is 0 Å². The van der Waals surface area contributed by atoms with E-state index in [1.54, 1.807) is 0 Å². The number of rotatable bonds is 3. The number of hydrogen-bond acceptors (Lipinski definition) is 3. The standard InChI is InChI=1S/C14H16BrN3/c1-9-6-11(7-10(2)13(9)15)14-17-5-4-12(18-14)8-16-3/h4-7,16H,8H2,1-3H3. The fourth-order valence-electron chi connectivity index (χ4n) is 1.89. The topological polar surface area (TPSA) is 37.8 Å². The molecule has 0 bridgehead atoms. The molecule has 0 saturated heterocycles. The zero-order valence-corrected chi connectivity index (χ0v) is 12.4. The molecular weight excluding hydrogens is 290 g/mol. The fourth-order valence-corrected chi connectivity index (χ4v) is 2.12. The summed E-state index contributed by atoms with van der Waals surface area (Å²) >= 11 is 3.57. The van der Waals surface area contributed by atoms with Gasteiger partial charge in [0.2, 0.25) is 0 Å². The molecule has 0 unspecified atom stereocenters. The molecule has 0 atom stereocenters. The first-order valence-corrected chi connectivity index (χ1v) is 6.64. The van der Waals surface area contributed by atoms with E-state index in [-0.39, 0.29) is 0 Å². The zero-order valence-electron chi connectivity index (χ0n) is 10.8. The molecule has 0 aliphatic carbocycles. The van der Waals surface area contributed by atoms with Gasteiger partial charge in [0.1, 0.15) is 0 Å². The van der Waals surface area contributed by atoms with Crippen LogP contribution in [0.2, 0.25) is 0 Å². The second-order valence-corrected chi connectivity index (χ2v) is 5.12. The number of halogens is 1. The van der Waals surface area contributed by atoms with E-state index in [0.717, 1.165) is 28.1 Å². The van der Waals surface area contributed by atoms with Crippen molar-refractivity contribution in [1.82, 2.24) is 15.3 Å². The lowest BCUT2D eigenvalue weighted by atomic mass is 10.1. The van der Waals surface area contributed by atoms with Gasteiger partial charge >= 0.3 is 0 Å². The van der Waals surface area contributed by atoms with E-state index in [1.807, 2.05) is 19.3 Å². The van der Waals surface area contributed by atoms with Gasteiger partial charge in [-0.3, -0.25) is 0 Å². The average Bonchev–Trinajstić information content (AvgIpc) is 2.36. The lowest BCUT2D eigenvalue weighted by Gasteiger charge is -2.08. The number of aryl methyl sites for hydroxylation is 2. The maximum Gasteiger partial charge on any atom is 0.159 e. The molecule has 4 heteroatoms. The highest BCUT2D eigenvalue weighted by Gasteiger charge is 2.07. The van der Waals surface area contributed by atoms with Gasteiger partial charge in [-0.15, -0.1) is 0 Å². The van der Waals surface area contributed by atoms with Crippen molar-refractivity contribution in [2.24, 2.45) is 0 Å². The molecule has 0 saturated carbocycles. The van der Waals surface area contributed by atoms with Gasteiger partial charge in [-0.1, -0.05) is 15.9 Å². The first-order valence-electron chi connectivity index (χ1n) is 5.85. The zero-order chi connectivity index (χ0) is 13.1. The third-order valence-corrected chi connectivity index (χ3v) is 4.02. The van der Waals surface area contributed by atoms with Gasteiger partial charge in [-0.25, -0.2) is 9.97 Å². The minimum Gasteiger partial charge on any atom is -0.314 e. The first kappa shape index (κ1) is 13.2. The molecule has 3 nitrogen and oxygen atoms in total. The molecule has 2 aromatic rings. The predicted octanol–water partition coefficient (Wildman–Crippen LogP) is 3.24. The maximum absolute atomic E-state index is 4.56. The Morgan fingerprint density at radius 2 is 1.89 bits per heavy atom. The summed E-state index contributed by atoms with van der Waals surface area (Å²) in [6.45, 7) is 4.92. The molecule has 0 amide bonds. The van der Waals surface area contributed by atoms with Crippen molar-refractivity contribution >= 4 is 15.9 Å². The van der Waals surface area contributed by atoms with Gasteiger partial charge in [0.05, 0.1) is 5.69 Å². The molecule has 18 heavy (non-hydrogen) atoms. The monoisotopic (exact) mass is 305 g/mol. The van der Waals surface area contributed by atoms with Crippen molar-refractivity contribution < 1.29 is 0 Å². The lowest BCUT2D eigenvalue weighted by molar-refractivity contribution is 0.788. The lowest BCUT2D eigenvalue weighted by Crippen LogP contribution is -2.07. The third kappa shape index (κ3) is 2.76. The highest BCUT2D eigenvalue weighted by atomic mass is 79.9. The summed E-state index contributed by atoms with van der Waals surface area (Å²) in [6.07, 6.45) is 1.81. The number of benzene rings is 1. The van der Waals surface area contributed by atoms with Crippen LogP contribution >= 0.6 is 15.9 Å². The van der Waals surface area contributed by atoms with Gasteiger partial charge in [0, 0.05) is 22.8 Å². The van der Waals surface area contributed by atoms with Crippen molar-refractivity contribution in [3.8, 4) is 11.4 Å². The Kier molecular flexibility index (Phi) is 4.09. The van der Waals surface area contributed by atoms with E-state index in [0.29, 0.717) is 0 Å². The normalized spacial score (nSPS) is 10.7. The van der Waals surface area contributed by atoms with Crippen LogP contribution in [0.5, 0.6) is 0 Å². The summed E-state index contributed by atoms with van der Waals surface area (Å²) in [7, 11) is 1.91. The molecular formula is C14H16BrN3. The van der Waals surface area contributed by atoms with Crippen molar-refractivity contribution in [3.05, 3.63) is 45.7 Å². The van der Waals surface area contributed by atoms with Gasteiger partial charge in [0.15, 0.2) is 5.82 Å². The van der Waals surface area contributed by atoms with Gasteiger partial charge < -0.3 is 5.32 Å². The van der Waals surface area contributed by atoms with E-state index in [1.165, 1.54) is 11.1 Å². The minimum absolute atomic E-state index is 0.754. The number of aromatic nitrogens is 2. The summed E-state index contributed by atoms with van der Waals surface area (Å²) in [4.78, 5) is 8.91. The van der Waals surface area contributed by atoms with E-state index in [4.69, 9.17) is 0 Å². The highest BCUT2D eigenvalue weighted by Crippen LogP contribution is 2.26. The molecule has 1 aromatic heterocycles. The van der Waals surface area contributed by atoms with E-state index in [9.17, 15) is 0 Å². The Morgan fingerprint density at radius 1 is 1.22 bits per heavy atom. The molecule has 1 aromatic carbocycles. The molecule has 0 spiro atoms. The number of nitrogens with one attached hydrogen (secondary N) is 1. The van der Waals surface area contributed by atoms with Crippen LogP contribution in [-0.2, 0) is 6.54 Å². The Bertz CT molecular complexity index is 544. The summed E-state index contributed by atoms with van der Waals surface area (Å²) in [5.74, 6) is 0.779. The molecule has 0 aliphatic rings. The second-order valence-electron chi connectivity index (χ2n) is 4.33. The smallest absolute Gasteiger partial charge is 0.159 e. The van der Waals surface area contributed by atoms with E-state index < -0.39 is 0 Å². The van der Waals surface area contributed by atoms with Crippen molar-refractivity contribution in [2.45, 2.75) is 20.4 Å². The van der Waals surface area contributed by atoms with E-state index >= 15 is 0 Å². The van der Waals surface area contributed by atoms with Crippen LogP contribution in [-0.4, -0.2) is 17.0 Å². The van der Waals surface area contributed by atoms with Gasteiger partial charge in [-0.05, 0) is 50.2 Å². The van der Waals surface area contributed by atoms with Crippen LogP contribution in [0, 0.1) is 13.8 Å². The molecule has 2 rings (SSSR count). The molecule has 0 aliphatic heterocycles. The molecule has 1 N–H and O–H groups in total. The molecule has 0 radical (unpaired) electrons. The number of hydrogen-bond donors (Lipinski definition) is 1. The second kappa shape index (κ2) is 5.59. The average molecular weight is 306 g/mol. The fraction of sp³-hybridized carbons (Fsp3) is 0.286. The maximum atomic E-state index is 4.56. The summed E-state index contributed by atoms with van der Waals surface area (Å²) in [6, 6.07) is 6.14. The van der Waals surface area contributed by atoms with Gasteiger partial charge in [-0.2, -0.15) is 0 Å². The largest absolute Gasteiger partial charge is 0.314 e. The Hall–Kier alpha value is -1.26. The summed E-state index contributed by atoms with van der Waals surface area (Å²) < 4.78 is 1.15.